The molecule has 3 aliphatic carbocycles. The van der Waals surface area contributed by atoms with Crippen LogP contribution < -0.4 is 0 Å². The number of hydrogen-bond donors (Lipinski definition) is 2. The van der Waals surface area contributed by atoms with E-state index in [0.717, 1.165) is 44.1 Å². The summed E-state index contributed by atoms with van der Waals surface area (Å²) in [6, 6.07) is 6.01. The highest BCUT2D eigenvalue weighted by Crippen LogP contribution is 2.61. The van der Waals surface area contributed by atoms with Gasteiger partial charge in [-0.2, -0.15) is 0 Å². The first kappa shape index (κ1) is 19.8. The third-order valence-electron chi connectivity index (χ3n) is 7.98. The fourth-order valence-corrected chi connectivity index (χ4v) is 6.58. The van der Waals surface area contributed by atoms with Gasteiger partial charge in [-0.05, 0) is 97.8 Å². The van der Waals surface area contributed by atoms with Gasteiger partial charge >= 0.3 is 5.97 Å². The Balaban J connectivity index is 1.36. The van der Waals surface area contributed by atoms with E-state index in [9.17, 15) is 9.90 Å². The van der Waals surface area contributed by atoms with Gasteiger partial charge in [-0.15, -0.1) is 0 Å². The summed E-state index contributed by atoms with van der Waals surface area (Å²) < 4.78 is 6.37. The average Bonchev–Trinajstić information content (AvgIpc) is 3.00. The molecule has 0 aromatic heterocycles. The first-order valence-electron chi connectivity index (χ1n) is 11.1. The van der Waals surface area contributed by atoms with Gasteiger partial charge in [-0.1, -0.05) is 19.4 Å². The predicted octanol–water partition coefficient (Wildman–Crippen LogP) is 5.28. The lowest BCUT2D eigenvalue weighted by Gasteiger charge is -2.50. The number of aryl methyl sites for hydroxylation is 1. The number of carbonyl (C=O) groups is 1. The maximum atomic E-state index is 10.6. The SMILES string of the molecule is C[C@]12CC[C@@H]3c4ccc(O)cc4CC[C@H]3[C@@H]1CC[C@@H]2OCCCCCC(=O)O. The van der Waals surface area contributed by atoms with E-state index in [1.165, 1.54) is 43.2 Å². The summed E-state index contributed by atoms with van der Waals surface area (Å²) in [6.07, 6.45) is 10.5. The van der Waals surface area contributed by atoms with Crippen molar-refractivity contribution in [3.8, 4) is 5.75 Å². The van der Waals surface area contributed by atoms with Gasteiger partial charge in [0.25, 0.3) is 0 Å². The number of phenols is 1. The van der Waals surface area contributed by atoms with Crippen molar-refractivity contribution in [2.45, 2.75) is 83.2 Å². The van der Waals surface area contributed by atoms with Crippen LogP contribution in [0.3, 0.4) is 0 Å². The standard InChI is InChI=1S/C24H34O4/c1-24-13-12-19-18-9-7-17(25)15-16(18)6-8-20(19)21(24)10-11-22(24)28-14-4-2-3-5-23(26)27/h7,9,15,19-22,25H,2-6,8,10-14H2,1H3,(H,26,27)/t19-,20-,21+,22+,24+/m1/s1. The van der Waals surface area contributed by atoms with E-state index in [1.54, 1.807) is 0 Å². The Hall–Kier alpha value is -1.55. The summed E-state index contributed by atoms with van der Waals surface area (Å²) >= 11 is 0. The smallest absolute Gasteiger partial charge is 0.303 e. The monoisotopic (exact) mass is 386 g/mol. The van der Waals surface area contributed by atoms with Crippen molar-refractivity contribution in [2.75, 3.05) is 6.61 Å². The number of hydrogen-bond acceptors (Lipinski definition) is 3. The first-order chi connectivity index (χ1) is 13.5. The number of benzene rings is 1. The van der Waals surface area contributed by atoms with E-state index in [4.69, 9.17) is 9.84 Å². The summed E-state index contributed by atoms with van der Waals surface area (Å²) in [4.78, 5) is 10.6. The lowest BCUT2D eigenvalue weighted by atomic mass is 9.55. The fraction of sp³-hybridized carbons (Fsp3) is 0.708. The van der Waals surface area contributed by atoms with Gasteiger partial charge in [0, 0.05) is 13.0 Å². The molecule has 2 saturated carbocycles. The molecule has 4 heteroatoms. The number of carboxylic acids is 1. The summed E-state index contributed by atoms with van der Waals surface area (Å²) in [5.74, 6) is 1.84. The van der Waals surface area contributed by atoms with Gasteiger partial charge in [0.2, 0.25) is 0 Å². The molecular weight excluding hydrogens is 352 g/mol. The molecule has 0 radical (unpaired) electrons. The minimum absolute atomic E-state index is 0.269. The number of ether oxygens (including phenoxy) is 1. The Morgan fingerprint density at radius 2 is 2.04 bits per heavy atom. The molecule has 0 spiro atoms. The molecule has 28 heavy (non-hydrogen) atoms. The largest absolute Gasteiger partial charge is 0.508 e. The van der Waals surface area contributed by atoms with E-state index in [2.05, 4.69) is 13.0 Å². The van der Waals surface area contributed by atoms with Crippen LogP contribution >= 0.6 is 0 Å². The molecule has 154 valence electrons. The molecule has 1 aromatic rings. The molecule has 4 nitrogen and oxygen atoms in total. The highest BCUT2D eigenvalue weighted by molar-refractivity contribution is 5.66. The van der Waals surface area contributed by atoms with Crippen LogP contribution in [0.1, 0.15) is 81.8 Å². The molecule has 0 saturated heterocycles. The second-order valence-electron chi connectivity index (χ2n) is 9.48. The molecule has 0 bridgehead atoms. The minimum atomic E-state index is -0.701. The second kappa shape index (κ2) is 8.06. The van der Waals surface area contributed by atoms with Crippen molar-refractivity contribution >= 4 is 5.97 Å². The van der Waals surface area contributed by atoms with Gasteiger partial charge in [-0.3, -0.25) is 4.79 Å². The topological polar surface area (TPSA) is 66.8 Å². The number of fused-ring (bicyclic) bond motifs is 5. The van der Waals surface area contributed by atoms with E-state index >= 15 is 0 Å². The van der Waals surface area contributed by atoms with Gasteiger partial charge in [0.1, 0.15) is 5.75 Å². The van der Waals surface area contributed by atoms with Crippen molar-refractivity contribution in [3.05, 3.63) is 29.3 Å². The molecule has 0 amide bonds. The minimum Gasteiger partial charge on any atom is -0.508 e. The van der Waals surface area contributed by atoms with E-state index in [0.29, 0.717) is 17.8 Å². The molecule has 2 fully saturated rings. The van der Waals surface area contributed by atoms with Crippen LogP contribution in [0.4, 0.5) is 0 Å². The van der Waals surface area contributed by atoms with Crippen LogP contribution in [0.15, 0.2) is 18.2 Å². The molecule has 1 aromatic carbocycles. The summed E-state index contributed by atoms with van der Waals surface area (Å²) in [5.41, 5.74) is 3.13. The van der Waals surface area contributed by atoms with Gasteiger partial charge in [-0.25, -0.2) is 0 Å². The second-order valence-corrected chi connectivity index (χ2v) is 9.48. The molecule has 3 aliphatic rings. The predicted molar refractivity (Wildman–Crippen MR) is 109 cm³/mol. The first-order valence-corrected chi connectivity index (χ1v) is 11.1. The molecule has 0 heterocycles. The lowest BCUT2D eigenvalue weighted by Crippen LogP contribution is -2.44. The number of carboxylic acid groups (broad SMARTS) is 1. The molecule has 2 N–H and O–H groups in total. The highest BCUT2D eigenvalue weighted by atomic mass is 16.5. The summed E-state index contributed by atoms with van der Waals surface area (Å²) in [7, 11) is 0. The maximum absolute atomic E-state index is 10.6. The molecule has 0 aliphatic heterocycles. The van der Waals surface area contributed by atoms with Crippen molar-refractivity contribution in [1.29, 1.82) is 0 Å². The van der Waals surface area contributed by atoms with Crippen molar-refractivity contribution < 1.29 is 19.7 Å². The third-order valence-corrected chi connectivity index (χ3v) is 7.98. The quantitative estimate of drug-likeness (QED) is 0.626. The number of unbranched alkanes of at least 4 members (excludes halogenated alkanes) is 2. The van der Waals surface area contributed by atoms with E-state index in [1.807, 2.05) is 12.1 Å². The Kier molecular flexibility index (Phi) is 5.69. The normalized spacial score (nSPS) is 33.8. The number of phenolic OH excluding ortho intramolecular Hbond substituents is 1. The molecular formula is C24H34O4. The Labute approximate surface area is 168 Å². The van der Waals surface area contributed by atoms with Crippen LogP contribution in [0, 0.1) is 17.3 Å². The Morgan fingerprint density at radius 1 is 1.18 bits per heavy atom. The van der Waals surface area contributed by atoms with Crippen molar-refractivity contribution in [2.24, 2.45) is 17.3 Å². The number of aliphatic carboxylic acids is 1. The zero-order valence-electron chi connectivity index (χ0n) is 17.0. The summed E-state index contributed by atoms with van der Waals surface area (Å²) in [5, 5.41) is 18.6. The van der Waals surface area contributed by atoms with Crippen LogP contribution in [-0.4, -0.2) is 28.9 Å². The van der Waals surface area contributed by atoms with Crippen LogP contribution in [0.5, 0.6) is 5.75 Å². The zero-order valence-corrected chi connectivity index (χ0v) is 17.0. The summed E-state index contributed by atoms with van der Waals surface area (Å²) in [6.45, 7) is 3.23. The number of rotatable bonds is 7. The fourth-order valence-electron chi connectivity index (χ4n) is 6.58. The molecule has 0 unspecified atom stereocenters. The Bertz CT molecular complexity index is 715. The number of aromatic hydroxyl groups is 1. The highest BCUT2D eigenvalue weighted by Gasteiger charge is 2.55. The van der Waals surface area contributed by atoms with Crippen molar-refractivity contribution in [1.82, 2.24) is 0 Å². The van der Waals surface area contributed by atoms with Crippen LogP contribution in [-0.2, 0) is 16.0 Å². The Morgan fingerprint density at radius 3 is 2.86 bits per heavy atom. The molecule has 5 atom stereocenters. The van der Waals surface area contributed by atoms with Crippen molar-refractivity contribution in [3.63, 3.8) is 0 Å². The lowest BCUT2D eigenvalue weighted by molar-refractivity contribution is -0.137. The third kappa shape index (κ3) is 3.68. The van der Waals surface area contributed by atoms with Gasteiger partial charge < -0.3 is 14.9 Å². The van der Waals surface area contributed by atoms with Crippen LogP contribution in [0.2, 0.25) is 0 Å². The van der Waals surface area contributed by atoms with E-state index in [-0.39, 0.29) is 11.8 Å². The maximum Gasteiger partial charge on any atom is 0.303 e. The van der Waals surface area contributed by atoms with Gasteiger partial charge in [0.15, 0.2) is 0 Å². The van der Waals surface area contributed by atoms with Gasteiger partial charge in [0.05, 0.1) is 6.10 Å². The average molecular weight is 387 g/mol. The molecule has 4 rings (SSSR count). The zero-order chi connectivity index (χ0) is 19.7. The van der Waals surface area contributed by atoms with Crippen LogP contribution in [0.25, 0.3) is 0 Å². The van der Waals surface area contributed by atoms with E-state index < -0.39 is 5.97 Å².